The lowest BCUT2D eigenvalue weighted by Crippen LogP contribution is -1.98. The number of rotatable bonds is 2. The maximum Gasteiger partial charge on any atom is 0.136 e. The van der Waals surface area contributed by atoms with Gasteiger partial charge in [0.05, 0.1) is 12.8 Å². The summed E-state index contributed by atoms with van der Waals surface area (Å²) in [6.07, 6.45) is 0. The summed E-state index contributed by atoms with van der Waals surface area (Å²) in [5, 5.41) is 0.487. The predicted molar refractivity (Wildman–Crippen MR) is 73.2 cm³/mol. The second-order valence-corrected chi connectivity index (χ2v) is 4.60. The average Bonchev–Trinajstić information content (AvgIpc) is 2.33. The van der Waals surface area contributed by atoms with E-state index in [9.17, 15) is 0 Å². The minimum atomic E-state index is 0.487. The van der Waals surface area contributed by atoms with E-state index >= 15 is 0 Å². The molecule has 2 aromatic rings. The number of benzene rings is 1. The number of hydrogen-bond acceptors (Lipinski definition) is 3. The summed E-state index contributed by atoms with van der Waals surface area (Å²) in [5.74, 6) is 1.45. The average molecular weight is 263 g/mol. The van der Waals surface area contributed by atoms with Crippen molar-refractivity contribution in [2.24, 2.45) is 0 Å². The van der Waals surface area contributed by atoms with E-state index in [4.69, 9.17) is 16.3 Å². The summed E-state index contributed by atoms with van der Waals surface area (Å²) in [5.41, 5.74) is 3.79. The van der Waals surface area contributed by atoms with Gasteiger partial charge in [-0.2, -0.15) is 0 Å². The zero-order valence-electron chi connectivity index (χ0n) is 10.9. The van der Waals surface area contributed by atoms with Crippen molar-refractivity contribution >= 4 is 11.6 Å². The second-order valence-electron chi connectivity index (χ2n) is 4.24. The van der Waals surface area contributed by atoms with Crippen molar-refractivity contribution in [2.75, 3.05) is 7.11 Å². The maximum absolute atomic E-state index is 6.11. The van der Waals surface area contributed by atoms with E-state index in [2.05, 4.69) is 9.97 Å². The van der Waals surface area contributed by atoms with Gasteiger partial charge in [-0.1, -0.05) is 23.2 Å². The number of hydrogen-bond donors (Lipinski definition) is 0. The molecule has 18 heavy (non-hydrogen) atoms. The largest absolute Gasteiger partial charge is 0.496 e. The summed E-state index contributed by atoms with van der Waals surface area (Å²) in [6.45, 7) is 5.78. The number of nitrogens with zero attached hydrogens (tertiary/aromatic N) is 2. The SMILES string of the molecule is COc1ccc(C)cc1-c1nc(C)nc(Cl)c1C. The molecule has 0 atom stereocenters. The standard InChI is InChI=1S/C14H15ClN2O/c1-8-5-6-12(18-4)11(7-8)13-9(2)14(15)17-10(3)16-13/h5-7H,1-4H3. The molecule has 1 aromatic heterocycles. The number of halogens is 1. The molecular formula is C14H15ClN2O. The molecule has 0 N–H and O–H groups in total. The molecule has 94 valence electrons. The van der Waals surface area contributed by atoms with Crippen LogP contribution in [-0.2, 0) is 0 Å². The van der Waals surface area contributed by atoms with Crippen LogP contribution < -0.4 is 4.74 Å². The van der Waals surface area contributed by atoms with Gasteiger partial charge in [-0.3, -0.25) is 0 Å². The van der Waals surface area contributed by atoms with Crippen molar-refractivity contribution in [1.82, 2.24) is 9.97 Å². The molecule has 1 heterocycles. The molecule has 0 bridgehead atoms. The smallest absolute Gasteiger partial charge is 0.136 e. The summed E-state index contributed by atoms with van der Waals surface area (Å²) in [6, 6.07) is 5.99. The van der Waals surface area contributed by atoms with Crippen LogP contribution in [0.2, 0.25) is 5.15 Å². The zero-order valence-corrected chi connectivity index (χ0v) is 11.7. The highest BCUT2D eigenvalue weighted by atomic mass is 35.5. The fourth-order valence-electron chi connectivity index (χ4n) is 1.86. The van der Waals surface area contributed by atoms with E-state index in [1.54, 1.807) is 7.11 Å². The Kier molecular flexibility index (Phi) is 3.53. The molecule has 0 fully saturated rings. The zero-order chi connectivity index (χ0) is 13.3. The molecule has 1 aromatic carbocycles. The predicted octanol–water partition coefficient (Wildman–Crippen LogP) is 3.73. The van der Waals surface area contributed by atoms with Crippen molar-refractivity contribution in [3.63, 3.8) is 0 Å². The van der Waals surface area contributed by atoms with E-state index in [1.165, 1.54) is 0 Å². The van der Waals surface area contributed by atoms with Crippen LogP contribution in [0.5, 0.6) is 5.75 Å². The first-order valence-electron chi connectivity index (χ1n) is 5.68. The number of aryl methyl sites for hydroxylation is 2. The fraction of sp³-hybridized carbons (Fsp3) is 0.286. The van der Waals surface area contributed by atoms with Crippen molar-refractivity contribution in [3.05, 3.63) is 40.3 Å². The molecular weight excluding hydrogens is 248 g/mol. The summed E-state index contributed by atoms with van der Waals surface area (Å²) in [7, 11) is 1.65. The van der Waals surface area contributed by atoms with Crippen molar-refractivity contribution in [3.8, 4) is 17.0 Å². The Morgan fingerprint density at radius 3 is 2.50 bits per heavy atom. The highest BCUT2D eigenvalue weighted by molar-refractivity contribution is 6.30. The lowest BCUT2D eigenvalue weighted by Gasteiger charge is -2.12. The molecule has 2 rings (SSSR count). The molecule has 4 heteroatoms. The van der Waals surface area contributed by atoms with E-state index < -0.39 is 0 Å². The van der Waals surface area contributed by atoms with E-state index in [0.717, 1.165) is 28.1 Å². The Morgan fingerprint density at radius 2 is 1.83 bits per heavy atom. The topological polar surface area (TPSA) is 35.0 Å². The Hall–Kier alpha value is -1.61. The van der Waals surface area contributed by atoms with Gasteiger partial charge < -0.3 is 4.74 Å². The first-order valence-corrected chi connectivity index (χ1v) is 6.06. The number of aromatic nitrogens is 2. The van der Waals surface area contributed by atoms with Gasteiger partial charge in [-0.25, -0.2) is 9.97 Å². The minimum Gasteiger partial charge on any atom is -0.496 e. The normalized spacial score (nSPS) is 10.5. The third kappa shape index (κ3) is 2.31. The van der Waals surface area contributed by atoms with Crippen molar-refractivity contribution in [1.29, 1.82) is 0 Å². The van der Waals surface area contributed by atoms with Gasteiger partial charge >= 0.3 is 0 Å². The molecule has 0 aliphatic carbocycles. The van der Waals surface area contributed by atoms with E-state index in [-0.39, 0.29) is 0 Å². The summed E-state index contributed by atoms with van der Waals surface area (Å²) < 4.78 is 5.39. The molecule has 3 nitrogen and oxygen atoms in total. The van der Waals surface area contributed by atoms with Crippen LogP contribution in [0.1, 0.15) is 17.0 Å². The van der Waals surface area contributed by atoms with Gasteiger partial charge in [-0.05, 0) is 32.9 Å². The van der Waals surface area contributed by atoms with Gasteiger partial charge in [-0.15, -0.1) is 0 Å². The molecule has 0 amide bonds. The van der Waals surface area contributed by atoms with Gasteiger partial charge in [0.1, 0.15) is 16.7 Å². The quantitative estimate of drug-likeness (QED) is 0.774. The Bertz CT molecular complexity index is 597. The lowest BCUT2D eigenvalue weighted by molar-refractivity contribution is 0.416. The minimum absolute atomic E-state index is 0.487. The van der Waals surface area contributed by atoms with Crippen molar-refractivity contribution in [2.45, 2.75) is 20.8 Å². The van der Waals surface area contributed by atoms with Gasteiger partial charge in [0.15, 0.2) is 0 Å². The maximum atomic E-state index is 6.11. The van der Waals surface area contributed by atoms with Crippen LogP contribution in [-0.4, -0.2) is 17.1 Å². The highest BCUT2D eigenvalue weighted by Crippen LogP contribution is 2.33. The third-order valence-corrected chi connectivity index (χ3v) is 3.18. The molecule has 0 radical (unpaired) electrons. The molecule has 0 saturated carbocycles. The molecule has 0 unspecified atom stereocenters. The number of methoxy groups -OCH3 is 1. The summed E-state index contributed by atoms with van der Waals surface area (Å²) >= 11 is 6.11. The van der Waals surface area contributed by atoms with Gasteiger partial charge in [0, 0.05) is 11.1 Å². The Labute approximate surface area is 112 Å². The van der Waals surface area contributed by atoms with Gasteiger partial charge in [0.2, 0.25) is 0 Å². The van der Waals surface area contributed by atoms with Crippen molar-refractivity contribution < 1.29 is 4.74 Å². The molecule has 0 saturated heterocycles. The van der Waals surface area contributed by atoms with Gasteiger partial charge in [0.25, 0.3) is 0 Å². The number of ether oxygens (including phenoxy) is 1. The van der Waals surface area contributed by atoms with Crippen LogP contribution in [0.4, 0.5) is 0 Å². The Morgan fingerprint density at radius 1 is 1.11 bits per heavy atom. The van der Waals surface area contributed by atoms with Crippen LogP contribution in [0, 0.1) is 20.8 Å². The van der Waals surface area contributed by atoms with Crippen LogP contribution in [0.3, 0.4) is 0 Å². The molecule has 0 spiro atoms. The monoisotopic (exact) mass is 262 g/mol. The fourth-order valence-corrected chi connectivity index (χ4v) is 2.08. The molecule has 0 aliphatic rings. The first kappa shape index (κ1) is 12.8. The lowest BCUT2D eigenvalue weighted by atomic mass is 10.0. The van der Waals surface area contributed by atoms with Crippen LogP contribution in [0.15, 0.2) is 18.2 Å². The van der Waals surface area contributed by atoms with E-state index in [1.807, 2.05) is 39.0 Å². The summed E-state index contributed by atoms with van der Waals surface area (Å²) in [4.78, 5) is 8.63. The third-order valence-electron chi connectivity index (χ3n) is 2.81. The molecule has 0 aliphatic heterocycles. The highest BCUT2D eigenvalue weighted by Gasteiger charge is 2.14. The van der Waals surface area contributed by atoms with Crippen LogP contribution in [0.25, 0.3) is 11.3 Å². The second kappa shape index (κ2) is 4.94. The first-order chi connectivity index (χ1) is 8.52. The van der Waals surface area contributed by atoms with Crippen LogP contribution >= 0.6 is 11.6 Å². The Balaban J connectivity index is 2.72. The van der Waals surface area contributed by atoms with E-state index in [0.29, 0.717) is 11.0 Å².